The molecule has 160 valence electrons. The molecule has 0 unspecified atom stereocenters. The van der Waals surface area contributed by atoms with Gasteiger partial charge < -0.3 is 14.5 Å². The van der Waals surface area contributed by atoms with Crippen LogP contribution < -0.4 is 4.90 Å². The summed E-state index contributed by atoms with van der Waals surface area (Å²) in [6, 6.07) is 9.94. The minimum atomic E-state index is -3.64. The molecule has 2 aromatic rings. The van der Waals surface area contributed by atoms with E-state index in [0.29, 0.717) is 63.1 Å². The second-order valence-electron chi connectivity index (χ2n) is 7.16. The highest BCUT2D eigenvalue weighted by Crippen LogP contribution is 2.21. The second kappa shape index (κ2) is 8.89. The van der Waals surface area contributed by atoms with Crippen molar-refractivity contribution in [2.45, 2.75) is 4.90 Å². The van der Waals surface area contributed by atoms with Gasteiger partial charge in [-0.05, 0) is 30.3 Å². The van der Waals surface area contributed by atoms with Crippen LogP contribution in [0.3, 0.4) is 0 Å². The van der Waals surface area contributed by atoms with E-state index >= 15 is 0 Å². The Morgan fingerprint density at radius 2 is 1.73 bits per heavy atom. The van der Waals surface area contributed by atoms with E-state index < -0.39 is 10.0 Å². The van der Waals surface area contributed by atoms with Crippen molar-refractivity contribution in [1.82, 2.24) is 14.2 Å². The van der Waals surface area contributed by atoms with Gasteiger partial charge in [0.2, 0.25) is 10.0 Å². The summed E-state index contributed by atoms with van der Waals surface area (Å²) >= 11 is 5.89. The quantitative estimate of drug-likeness (QED) is 0.705. The summed E-state index contributed by atoms with van der Waals surface area (Å²) in [5.74, 6) is 0.655. The van der Waals surface area contributed by atoms with E-state index in [0.717, 1.165) is 5.82 Å². The van der Waals surface area contributed by atoms with Crippen LogP contribution in [0.4, 0.5) is 5.82 Å². The number of carbonyl (C=O) groups is 1. The number of halogens is 1. The van der Waals surface area contributed by atoms with E-state index in [-0.39, 0.29) is 10.8 Å². The summed E-state index contributed by atoms with van der Waals surface area (Å²) in [6.45, 7) is 3.75. The summed E-state index contributed by atoms with van der Waals surface area (Å²) in [5, 5.41) is 0.583. The number of amides is 1. The number of sulfonamides is 1. The molecule has 2 aliphatic heterocycles. The maximum atomic E-state index is 13.0. The Balaban J connectivity index is 1.44. The van der Waals surface area contributed by atoms with Crippen molar-refractivity contribution in [3.8, 4) is 0 Å². The van der Waals surface area contributed by atoms with Gasteiger partial charge in [0.1, 0.15) is 5.82 Å². The van der Waals surface area contributed by atoms with Crippen LogP contribution in [0, 0.1) is 0 Å². The van der Waals surface area contributed by atoms with Gasteiger partial charge in [0.25, 0.3) is 5.91 Å². The lowest BCUT2D eigenvalue weighted by Gasteiger charge is -2.35. The number of ether oxygens (including phenoxy) is 1. The Hall–Kier alpha value is -2.20. The van der Waals surface area contributed by atoms with Gasteiger partial charge in [0.05, 0.1) is 23.1 Å². The monoisotopic (exact) mass is 450 g/mol. The number of anilines is 1. The van der Waals surface area contributed by atoms with Crippen molar-refractivity contribution < 1.29 is 17.9 Å². The van der Waals surface area contributed by atoms with E-state index in [2.05, 4.69) is 9.88 Å². The molecule has 0 aliphatic carbocycles. The first-order chi connectivity index (χ1) is 14.4. The zero-order chi connectivity index (χ0) is 21.1. The highest BCUT2D eigenvalue weighted by molar-refractivity contribution is 7.89. The molecule has 2 aliphatic rings. The number of morpholine rings is 1. The predicted octanol–water partition coefficient (Wildman–Crippen LogP) is 1.72. The molecule has 0 saturated carbocycles. The van der Waals surface area contributed by atoms with Crippen LogP contribution in [-0.4, -0.2) is 81.0 Å². The molecule has 0 atom stereocenters. The average Bonchev–Trinajstić information content (AvgIpc) is 2.80. The fourth-order valence-corrected chi connectivity index (χ4v) is 5.17. The molecular formula is C20H23ClN4O4S. The van der Waals surface area contributed by atoms with E-state index in [9.17, 15) is 13.2 Å². The first-order valence-electron chi connectivity index (χ1n) is 9.79. The molecule has 3 heterocycles. The first-order valence-corrected chi connectivity index (χ1v) is 11.6. The minimum absolute atomic E-state index is 0.138. The molecule has 10 heteroatoms. The lowest BCUT2D eigenvalue weighted by atomic mass is 10.2. The summed E-state index contributed by atoms with van der Waals surface area (Å²) in [7, 11) is -3.64. The topological polar surface area (TPSA) is 83.0 Å². The highest BCUT2D eigenvalue weighted by atomic mass is 35.5. The average molecular weight is 451 g/mol. The fourth-order valence-electron chi connectivity index (χ4n) is 3.60. The Kier molecular flexibility index (Phi) is 6.24. The summed E-state index contributed by atoms with van der Waals surface area (Å²) in [5.41, 5.74) is 0.377. The number of pyridine rings is 1. The van der Waals surface area contributed by atoms with Gasteiger partial charge in [-0.1, -0.05) is 17.7 Å². The van der Waals surface area contributed by atoms with Gasteiger partial charge in [-0.3, -0.25) is 4.79 Å². The van der Waals surface area contributed by atoms with Crippen molar-refractivity contribution in [3.05, 3.63) is 53.2 Å². The Morgan fingerprint density at radius 1 is 1.00 bits per heavy atom. The molecule has 1 aromatic heterocycles. The normalized spacial score (nSPS) is 18.4. The number of benzene rings is 1. The lowest BCUT2D eigenvalue weighted by molar-refractivity contribution is 0.0729. The molecule has 2 saturated heterocycles. The third-order valence-corrected chi connectivity index (χ3v) is 7.41. The second-order valence-corrected chi connectivity index (χ2v) is 9.53. The van der Waals surface area contributed by atoms with E-state index in [4.69, 9.17) is 16.3 Å². The SMILES string of the molecule is O=C(c1cccc(S(=O)(=O)N2CCOCC2)c1)N1CCN(c2ccc(Cl)cn2)CC1. The van der Waals surface area contributed by atoms with Crippen LogP contribution in [0.15, 0.2) is 47.5 Å². The van der Waals surface area contributed by atoms with Crippen LogP contribution in [0.5, 0.6) is 0 Å². The van der Waals surface area contributed by atoms with Gasteiger partial charge in [0.15, 0.2) is 0 Å². The number of rotatable bonds is 4. The van der Waals surface area contributed by atoms with Crippen LogP contribution >= 0.6 is 11.6 Å². The summed E-state index contributed by atoms with van der Waals surface area (Å²) in [6.07, 6.45) is 1.61. The van der Waals surface area contributed by atoms with Gasteiger partial charge >= 0.3 is 0 Å². The van der Waals surface area contributed by atoms with Gasteiger partial charge in [-0.25, -0.2) is 13.4 Å². The number of aromatic nitrogens is 1. The number of piperazine rings is 1. The van der Waals surface area contributed by atoms with Crippen LogP contribution in [-0.2, 0) is 14.8 Å². The molecule has 0 radical (unpaired) electrons. The van der Waals surface area contributed by atoms with Crippen molar-refractivity contribution in [2.24, 2.45) is 0 Å². The number of hydrogen-bond donors (Lipinski definition) is 0. The Morgan fingerprint density at radius 3 is 2.40 bits per heavy atom. The summed E-state index contributed by atoms with van der Waals surface area (Å²) in [4.78, 5) is 21.3. The molecule has 8 nitrogen and oxygen atoms in total. The zero-order valence-electron chi connectivity index (χ0n) is 16.4. The molecule has 0 bridgehead atoms. The van der Waals surface area contributed by atoms with Crippen LogP contribution in [0.2, 0.25) is 5.02 Å². The lowest BCUT2D eigenvalue weighted by Crippen LogP contribution is -2.49. The molecule has 0 N–H and O–H groups in total. The van der Waals surface area contributed by atoms with Gasteiger partial charge in [0, 0.05) is 51.0 Å². The molecule has 1 aromatic carbocycles. The standard InChI is InChI=1S/C20H23ClN4O4S/c21-17-4-5-19(22-15-17)23-6-8-24(9-7-23)20(26)16-2-1-3-18(14-16)30(27,28)25-10-12-29-13-11-25/h1-5,14-15H,6-13H2. The molecule has 1 amide bonds. The van der Waals surface area contributed by atoms with Crippen LogP contribution in [0.25, 0.3) is 0 Å². The predicted molar refractivity (Wildman–Crippen MR) is 113 cm³/mol. The zero-order valence-corrected chi connectivity index (χ0v) is 18.0. The smallest absolute Gasteiger partial charge is 0.254 e. The Bertz CT molecular complexity index is 1000. The molecule has 0 spiro atoms. The van der Waals surface area contributed by atoms with Crippen molar-refractivity contribution >= 4 is 33.3 Å². The fraction of sp³-hybridized carbons (Fsp3) is 0.400. The van der Waals surface area contributed by atoms with E-state index in [1.165, 1.54) is 16.4 Å². The Labute approximate surface area is 181 Å². The number of hydrogen-bond acceptors (Lipinski definition) is 6. The van der Waals surface area contributed by atoms with E-state index in [1.807, 2.05) is 6.07 Å². The largest absolute Gasteiger partial charge is 0.379 e. The third kappa shape index (κ3) is 4.44. The van der Waals surface area contributed by atoms with Crippen molar-refractivity contribution in [3.63, 3.8) is 0 Å². The maximum absolute atomic E-state index is 13.0. The minimum Gasteiger partial charge on any atom is -0.379 e. The number of nitrogens with zero attached hydrogens (tertiary/aromatic N) is 4. The third-order valence-electron chi connectivity index (χ3n) is 5.29. The highest BCUT2D eigenvalue weighted by Gasteiger charge is 2.28. The number of carbonyl (C=O) groups excluding carboxylic acids is 1. The van der Waals surface area contributed by atoms with Crippen molar-refractivity contribution in [1.29, 1.82) is 0 Å². The molecule has 4 rings (SSSR count). The van der Waals surface area contributed by atoms with Crippen LogP contribution in [0.1, 0.15) is 10.4 Å². The molecule has 2 fully saturated rings. The van der Waals surface area contributed by atoms with E-state index in [1.54, 1.807) is 29.3 Å². The van der Waals surface area contributed by atoms with Gasteiger partial charge in [-0.2, -0.15) is 4.31 Å². The first kappa shape index (κ1) is 21.0. The maximum Gasteiger partial charge on any atom is 0.254 e. The summed E-state index contributed by atoms with van der Waals surface area (Å²) < 4.78 is 32.4. The van der Waals surface area contributed by atoms with Crippen molar-refractivity contribution in [2.75, 3.05) is 57.4 Å². The molecular weight excluding hydrogens is 428 g/mol. The molecule has 30 heavy (non-hydrogen) atoms. The van der Waals surface area contributed by atoms with Gasteiger partial charge in [-0.15, -0.1) is 0 Å².